The summed E-state index contributed by atoms with van der Waals surface area (Å²) in [5, 5.41) is 26.8. The molecule has 0 heterocycles. The molecule has 98 valence electrons. The predicted octanol–water partition coefficient (Wildman–Crippen LogP) is 4.12. The second kappa shape index (κ2) is 6.44. The van der Waals surface area contributed by atoms with Gasteiger partial charge in [-0.2, -0.15) is 15.8 Å². The minimum absolute atomic E-state index is 0.322. The zero-order valence-electron chi connectivity index (χ0n) is 11.0. The number of allylic oxidation sites excluding steroid dienone is 1. The molecule has 0 N–H and O–H groups in total. The molecule has 2 aromatic carbocycles. The molecule has 21 heavy (non-hydrogen) atoms. The van der Waals surface area contributed by atoms with Crippen LogP contribution in [-0.4, -0.2) is 0 Å². The van der Waals surface area contributed by atoms with Crippen LogP contribution in [0.15, 0.2) is 58.8 Å². The van der Waals surface area contributed by atoms with Gasteiger partial charge in [-0.3, -0.25) is 0 Å². The number of hydrogen-bond acceptors (Lipinski definition) is 4. The van der Waals surface area contributed by atoms with Crippen molar-refractivity contribution in [2.24, 2.45) is 0 Å². The normalized spacial score (nSPS) is 9.19. The van der Waals surface area contributed by atoms with Gasteiger partial charge in [-0.05, 0) is 42.5 Å². The summed E-state index contributed by atoms with van der Waals surface area (Å²) in [7, 11) is 0. The number of nitriles is 3. The SMILES string of the molecule is C=C(C#N)c1cc(C#N)ccc1Sc1ccc(C#N)cc1. The smallest absolute Gasteiger partial charge is 0.0992 e. The van der Waals surface area contributed by atoms with Crippen LogP contribution >= 0.6 is 11.8 Å². The van der Waals surface area contributed by atoms with Gasteiger partial charge in [0, 0.05) is 15.4 Å². The van der Waals surface area contributed by atoms with Gasteiger partial charge < -0.3 is 0 Å². The van der Waals surface area contributed by atoms with Crippen LogP contribution in [0.1, 0.15) is 16.7 Å². The summed E-state index contributed by atoms with van der Waals surface area (Å²) in [6.45, 7) is 3.72. The van der Waals surface area contributed by atoms with Crippen molar-refractivity contribution in [2.75, 3.05) is 0 Å². The molecule has 0 radical (unpaired) electrons. The molecule has 0 aliphatic carbocycles. The van der Waals surface area contributed by atoms with E-state index in [9.17, 15) is 0 Å². The van der Waals surface area contributed by atoms with Gasteiger partial charge in [0.05, 0.1) is 34.9 Å². The Kier molecular flexibility index (Phi) is 4.42. The van der Waals surface area contributed by atoms with Crippen molar-refractivity contribution in [2.45, 2.75) is 9.79 Å². The van der Waals surface area contributed by atoms with Crippen LogP contribution in [0.3, 0.4) is 0 Å². The third kappa shape index (κ3) is 3.31. The van der Waals surface area contributed by atoms with Gasteiger partial charge in [-0.25, -0.2) is 0 Å². The second-order valence-electron chi connectivity index (χ2n) is 4.15. The molecule has 0 saturated carbocycles. The van der Waals surface area contributed by atoms with E-state index in [0.29, 0.717) is 22.3 Å². The van der Waals surface area contributed by atoms with Crippen LogP contribution in [0.4, 0.5) is 0 Å². The van der Waals surface area contributed by atoms with E-state index in [1.165, 1.54) is 11.8 Å². The molecule has 0 bridgehead atoms. The fourth-order valence-corrected chi connectivity index (χ4v) is 2.66. The standard InChI is InChI=1S/C17H9N3S/c1-12(9-18)16-8-14(11-20)4-7-17(16)21-15-5-2-13(10-19)3-6-15/h2-8H,1H2. The summed E-state index contributed by atoms with van der Waals surface area (Å²) in [6, 6.07) is 18.5. The lowest BCUT2D eigenvalue weighted by atomic mass is 10.1. The van der Waals surface area contributed by atoms with Gasteiger partial charge in [0.1, 0.15) is 0 Å². The van der Waals surface area contributed by atoms with Crippen molar-refractivity contribution in [3.8, 4) is 18.2 Å². The second-order valence-corrected chi connectivity index (χ2v) is 5.27. The van der Waals surface area contributed by atoms with Crippen molar-refractivity contribution in [3.05, 3.63) is 65.7 Å². The summed E-state index contributed by atoms with van der Waals surface area (Å²) in [4.78, 5) is 1.80. The van der Waals surface area contributed by atoms with E-state index in [1.807, 2.05) is 18.2 Å². The van der Waals surface area contributed by atoms with Crippen LogP contribution in [0.5, 0.6) is 0 Å². The molecule has 4 heteroatoms. The molecule has 0 aliphatic rings. The molecule has 0 saturated heterocycles. The Hall–Kier alpha value is -3.00. The molecule has 0 amide bonds. The fraction of sp³-hybridized carbons (Fsp3) is 0. The molecule has 0 fully saturated rings. The van der Waals surface area contributed by atoms with Gasteiger partial charge in [-0.1, -0.05) is 18.3 Å². The molecule has 0 atom stereocenters. The van der Waals surface area contributed by atoms with Crippen LogP contribution in [0, 0.1) is 34.0 Å². The lowest BCUT2D eigenvalue weighted by molar-refractivity contribution is 1.35. The summed E-state index contributed by atoms with van der Waals surface area (Å²) < 4.78 is 0. The zero-order valence-corrected chi connectivity index (χ0v) is 11.8. The van der Waals surface area contributed by atoms with Crippen LogP contribution in [-0.2, 0) is 0 Å². The maximum atomic E-state index is 9.03. The number of benzene rings is 2. The Bertz CT molecular complexity index is 815. The maximum Gasteiger partial charge on any atom is 0.0992 e. The summed E-state index contributed by atoms with van der Waals surface area (Å²) in [5.41, 5.74) is 2.07. The molecule has 3 nitrogen and oxygen atoms in total. The van der Waals surface area contributed by atoms with Crippen molar-refractivity contribution in [3.63, 3.8) is 0 Å². The lowest BCUT2D eigenvalue weighted by Gasteiger charge is -2.08. The molecular weight excluding hydrogens is 278 g/mol. The van der Waals surface area contributed by atoms with E-state index in [-0.39, 0.29) is 0 Å². The zero-order chi connectivity index (χ0) is 15.2. The number of nitrogens with zero attached hydrogens (tertiary/aromatic N) is 3. The largest absolute Gasteiger partial charge is 0.192 e. The summed E-state index contributed by atoms with van der Waals surface area (Å²) in [6.07, 6.45) is 0. The highest BCUT2D eigenvalue weighted by atomic mass is 32.2. The molecule has 0 unspecified atom stereocenters. The van der Waals surface area contributed by atoms with Crippen molar-refractivity contribution < 1.29 is 0 Å². The first kappa shape index (κ1) is 14.4. The van der Waals surface area contributed by atoms with Crippen molar-refractivity contribution >= 4 is 17.3 Å². The molecule has 0 aliphatic heterocycles. The Morgan fingerprint density at radius 1 is 0.905 bits per heavy atom. The molecule has 2 rings (SSSR count). The van der Waals surface area contributed by atoms with Gasteiger partial charge in [0.2, 0.25) is 0 Å². The average Bonchev–Trinajstić information content (AvgIpc) is 2.55. The summed E-state index contributed by atoms with van der Waals surface area (Å²) >= 11 is 1.47. The number of rotatable bonds is 3. The van der Waals surface area contributed by atoms with E-state index in [4.69, 9.17) is 15.8 Å². The molecular formula is C17H9N3S. The first-order valence-corrected chi connectivity index (χ1v) is 6.81. The molecule has 2 aromatic rings. The van der Waals surface area contributed by atoms with Crippen molar-refractivity contribution in [1.82, 2.24) is 0 Å². The highest BCUT2D eigenvalue weighted by molar-refractivity contribution is 7.99. The first-order valence-electron chi connectivity index (χ1n) is 5.99. The van der Waals surface area contributed by atoms with Gasteiger partial charge in [-0.15, -0.1) is 0 Å². The predicted molar refractivity (Wildman–Crippen MR) is 81.1 cm³/mol. The highest BCUT2D eigenvalue weighted by Crippen LogP contribution is 2.33. The Morgan fingerprint density at radius 2 is 1.52 bits per heavy atom. The average molecular weight is 287 g/mol. The van der Waals surface area contributed by atoms with Crippen molar-refractivity contribution in [1.29, 1.82) is 15.8 Å². The quantitative estimate of drug-likeness (QED) is 0.796. The molecule has 0 spiro atoms. The number of hydrogen-bond donors (Lipinski definition) is 0. The van der Waals surface area contributed by atoms with E-state index >= 15 is 0 Å². The van der Waals surface area contributed by atoms with Crippen LogP contribution in [0.2, 0.25) is 0 Å². The Morgan fingerprint density at radius 3 is 2.10 bits per heavy atom. The lowest BCUT2D eigenvalue weighted by Crippen LogP contribution is -1.87. The van der Waals surface area contributed by atoms with Crippen LogP contribution in [0.25, 0.3) is 5.57 Å². The van der Waals surface area contributed by atoms with Gasteiger partial charge in [0.25, 0.3) is 0 Å². The Balaban J connectivity index is 2.39. The maximum absolute atomic E-state index is 9.03. The van der Waals surface area contributed by atoms with Gasteiger partial charge in [0.15, 0.2) is 0 Å². The molecule has 0 aromatic heterocycles. The minimum atomic E-state index is 0.322. The topological polar surface area (TPSA) is 71.4 Å². The third-order valence-electron chi connectivity index (χ3n) is 2.78. The van der Waals surface area contributed by atoms with Gasteiger partial charge >= 0.3 is 0 Å². The van der Waals surface area contributed by atoms with Crippen LogP contribution < -0.4 is 0 Å². The van der Waals surface area contributed by atoms with E-state index in [2.05, 4.69) is 18.7 Å². The van der Waals surface area contributed by atoms with E-state index < -0.39 is 0 Å². The Labute approximate surface area is 127 Å². The summed E-state index contributed by atoms with van der Waals surface area (Å²) in [5.74, 6) is 0. The van der Waals surface area contributed by atoms with E-state index in [1.54, 1.807) is 30.3 Å². The highest BCUT2D eigenvalue weighted by Gasteiger charge is 2.09. The fourth-order valence-electron chi connectivity index (χ4n) is 1.71. The minimum Gasteiger partial charge on any atom is -0.192 e. The third-order valence-corrected chi connectivity index (χ3v) is 3.86. The first-order chi connectivity index (χ1) is 10.2. The monoisotopic (exact) mass is 287 g/mol. The van der Waals surface area contributed by atoms with E-state index in [0.717, 1.165) is 9.79 Å².